The van der Waals surface area contributed by atoms with Gasteiger partial charge in [0.1, 0.15) is 11.3 Å². The fourth-order valence-electron chi connectivity index (χ4n) is 1.44. The first-order chi connectivity index (χ1) is 7.11. The molecule has 2 aromatic heterocycles. The van der Waals surface area contributed by atoms with Crippen LogP contribution in [0.15, 0.2) is 0 Å². The van der Waals surface area contributed by atoms with Crippen LogP contribution < -0.4 is 4.90 Å². The van der Waals surface area contributed by atoms with Crippen molar-refractivity contribution < 1.29 is 0 Å². The highest BCUT2D eigenvalue weighted by Gasteiger charge is 2.09. The lowest BCUT2D eigenvalue weighted by molar-refractivity contribution is 0.989. The maximum absolute atomic E-state index is 4.40. The first-order valence-electron chi connectivity index (χ1n) is 5.02. The van der Waals surface area contributed by atoms with E-state index in [1.165, 1.54) is 0 Å². The maximum Gasteiger partial charge on any atom is 0.227 e. The van der Waals surface area contributed by atoms with E-state index < -0.39 is 0 Å². The van der Waals surface area contributed by atoms with E-state index >= 15 is 0 Å². The summed E-state index contributed by atoms with van der Waals surface area (Å²) in [5.74, 6) is 1.66. The molecule has 1 N–H and O–H groups in total. The highest BCUT2D eigenvalue weighted by molar-refractivity contribution is 5.74. The molecule has 0 aromatic carbocycles. The van der Waals surface area contributed by atoms with Gasteiger partial charge in [0.2, 0.25) is 5.95 Å². The van der Waals surface area contributed by atoms with Crippen LogP contribution in [0.1, 0.15) is 18.4 Å². The van der Waals surface area contributed by atoms with Crippen molar-refractivity contribution >= 4 is 17.1 Å². The van der Waals surface area contributed by atoms with Gasteiger partial charge in [0.05, 0.1) is 5.69 Å². The molecule has 0 bridgehead atoms. The molecule has 5 heteroatoms. The quantitative estimate of drug-likeness (QED) is 0.802. The molecule has 2 rings (SSSR count). The van der Waals surface area contributed by atoms with Crippen molar-refractivity contribution in [2.45, 2.75) is 20.3 Å². The van der Waals surface area contributed by atoms with Crippen molar-refractivity contribution in [3.8, 4) is 0 Å². The monoisotopic (exact) mass is 205 g/mol. The van der Waals surface area contributed by atoms with Gasteiger partial charge in [-0.2, -0.15) is 4.98 Å². The third-order valence-electron chi connectivity index (χ3n) is 2.30. The van der Waals surface area contributed by atoms with E-state index in [2.05, 4.69) is 26.9 Å². The first-order valence-corrected chi connectivity index (χ1v) is 5.02. The molecule has 80 valence electrons. The Hall–Kier alpha value is -1.65. The Bertz CT molecular complexity index is 486. The predicted octanol–water partition coefficient (Wildman–Crippen LogP) is 1.29. The van der Waals surface area contributed by atoms with Crippen LogP contribution in [0.4, 0.5) is 5.95 Å². The van der Waals surface area contributed by atoms with Gasteiger partial charge in [-0.25, -0.2) is 9.97 Å². The second kappa shape index (κ2) is 3.49. The number of anilines is 1. The number of imidazole rings is 1. The van der Waals surface area contributed by atoms with Crippen LogP contribution in [0.2, 0.25) is 0 Å². The fraction of sp³-hybridized carbons (Fsp3) is 0.500. The summed E-state index contributed by atoms with van der Waals surface area (Å²) >= 11 is 0. The third-order valence-corrected chi connectivity index (χ3v) is 2.30. The molecule has 0 aliphatic rings. The first kappa shape index (κ1) is 9.89. The lowest BCUT2D eigenvalue weighted by Crippen LogP contribution is -2.13. The van der Waals surface area contributed by atoms with Crippen LogP contribution in [0.25, 0.3) is 11.2 Å². The van der Waals surface area contributed by atoms with E-state index in [1.54, 1.807) is 0 Å². The number of nitrogens with zero attached hydrogens (tertiary/aromatic N) is 4. The molecular weight excluding hydrogens is 190 g/mol. The highest BCUT2D eigenvalue weighted by atomic mass is 15.2. The second-order valence-corrected chi connectivity index (χ2v) is 3.74. The summed E-state index contributed by atoms with van der Waals surface area (Å²) in [6, 6.07) is 0. The van der Waals surface area contributed by atoms with Gasteiger partial charge in [-0.3, -0.25) is 0 Å². The zero-order valence-electron chi connectivity index (χ0n) is 9.50. The van der Waals surface area contributed by atoms with Gasteiger partial charge in [-0.05, 0) is 6.92 Å². The topological polar surface area (TPSA) is 57.7 Å². The lowest BCUT2D eigenvalue weighted by Gasteiger charge is -2.09. The highest BCUT2D eigenvalue weighted by Crippen LogP contribution is 2.15. The standard InChI is InChI=1S/C10H15N5/c1-5-7-12-8-6(2)11-10(15(3)4)14-9(8)13-7/h5H2,1-4H3,(H,11,12,13,14). The summed E-state index contributed by atoms with van der Waals surface area (Å²) in [6.07, 6.45) is 0.882. The Labute approximate surface area is 88.6 Å². The van der Waals surface area contributed by atoms with Gasteiger partial charge in [0.15, 0.2) is 5.65 Å². The smallest absolute Gasteiger partial charge is 0.227 e. The SMILES string of the molecule is CCc1nc2nc(N(C)C)nc(C)c2[nH]1. The molecule has 0 atom stereocenters. The van der Waals surface area contributed by atoms with Gasteiger partial charge >= 0.3 is 0 Å². The summed E-state index contributed by atoms with van der Waals surface area (Å²) in [5, 5.41) is 0. The molecular formula is C10H15N5. The molecule has 0 unspecified atom stereocenters. The number of aromatic nitrogens is 4. The summed E-state index contributed by atoms with van der Waals surface area (Å²) in [6.45, 7) is 4.03. The minimum absolute atomic E-state index is 0.703. The average Bonchev–Trinajstić information content (AvgIpc) is 2.61. The van der Waals surface area contributed by atoms with Crippen molar-refractivity contribution in [1.82, 2.24) is 19.9 Å². The van der Waals surface area contributed by atoms with Gasteiger partial charge in [-0.15, -0.1) is 0 Å². The normalized spacial score (nSPS) is 10.9. The number of H-pyrrole nitrogens is 1. The largest absolute Gasteiger partial charge is 0.347 e. The molecule has 0 spiro atoms. The number of aromatic amines is 1. The van der Waals surface area contributed by atoms with E-state index in [4.69, 9.17) is 0 Å². The summed E-state index contributed by atoms with van der Waals surface area (Å²) in [5.41, 5.74) is 2.64. The molecule has 0 aliphatic carbocycles. The second-order valence-electron chi connectivity index (χ2n) is 3.74. The molecule has 5 nitrogen and oxygen atoms in total. The van der Waals surface area contributed by atoms with Crippen molar-refractivity contribution in [3.63, 3.8) is 0 Å². The maximum atomic E-state index is 4.40. The molecule has 0 aliphatic heterocycles. The molecule has 2 heterocycles. The van der Waals surface area contributed by atoms with Gasteiger partial charge in [-0.1, -0.05) is 6.92 Å². The Kier molecular flexibility index (Phi) is 2.30. The van der Waals surface area contributed by atoms with E-state index in [0.717, 1.165) is 29.1 Å². The number of hydrogen-bond donors (Lipinski definition) is 1. The van der Waals surface area contributed by atoms with Crippen LogP contribution in [0.3, 0.4) is 0 Å². The molecule has 0 saturated carbocycles. The summed E-state index contributed by atoms with van der Waals surface area (Å²) < 4.78 is 0. The molecule has 15 heavy (non-hydrogen) atoms. The van der Waals surface area contributed by atoms with E-state index in [1.807, 2.05) is 25.9 Å². The zero-order chi connectivity index (χ0) is 11.0. The number of nitrogens with one attached hydrogen (secondary N) is 1. The Morgan fingerprint density at radius 3 is 2.53 bits per heavy atom. The van der Waals surface area contributed by atoms with Gasteiger partial charge < -0.3 is 9.88 Å². The molecule has 0 amide bonds. The average molecular weight is 205 g/mol. The van der Waals surface area contributed by atoms with Crippen LogP contribution >= 0.6 is 0 Å². The molecule has 0 saturated heterocycles. The predicted molar refractivity (Wildman–Crippen MR) is 60.1 cm³/mol. The van der Waals surface area contributed by atoms with Gasteiger partial charge in [0.25, 0.3) is 0 Å². The minimum atomic E-state index is 0.703. The van der Waals surface area contributed by atoms with Gasteiger partial charge in [0, 0.05) is 20.5 Å². The van der Waals surface area contributed by atoms with E-state index in [9.17, 15) is 0 Å². The Morgan fingerprint density at radius 1 is 1.20 bits per heavy atom. The van der Waals surface area contributed by atoms with Crippen LogP contribution in [-0.2, 0) is 6.42 Å². The van der Waals surface area contributed by atoms with Crippen LogP contribution in [-0.4, -0.2) is 34.0 Å². The number of fused-ring (bicyclic) bond motifs is 1. The number of aryl methyl sites for hydroxylation is 2. The van der Waals surface area contributed by atoms with E-state index in [-0.39, 0.29) is 0 Å². The number of rotatable bonds is 2. The van der Waals surface area contributed by atoms with Crippen molar-refractivity contribution in [1.29, 1.82) is 0 Å². The van der Waals surface area contributed by atoms with E-state index in [0.29, 0.717) is 5.95 Å². The minimum Gasteiger partial charge on any atom is -0.347 e. The number of hydrogen-bond acceptors (Lipinski definition) is 4. The molecule has 0 fully saturated rings. The Morgan fingerprint density at radius 2 is 1.93 bits per heavy atom. The van der Waals surface area contributed by atoms with Crippen LogP contribution in [0, 0.1) is 6.92 Å². The van der Waals surface area contributed by atoms with Crippen molar-refractivity contribution in [2.24, 2.45) is 0 Å². The van der Waals surface area contributed by atoms with Crippen molar-refractivity contribution in [2.75, 3.05) is 19.0 Å². The van der Waals surface area contributed by atoms with Crippen molar-refractivity contribution in [3.05, 3.63) is 11.5 Å². The molecule has 0 radical (unpaired) electrons. The lowest BCUT2D eigenvalue weighted by atomic mass is 10.4. The molecule has 2 aromatic rings. The Balaban J connectivity index is 2.65. The summed E-state index contributed by atoms with van der Waals surface area (Å²) in [4.78, 5) is 18.3. The summed E-state index contributed by atoms with van der Waals surface area (Å²) in [7, 11) is 3.85. The fourth-order valence-corrected chi connectivity index (χ4v) is 1.44. The van der Waals surface area contributed by atoms with Crippen LogP contribution in [0.5, 0.6) is 0 Å². The zero-order valence-corrected chi connectivity index (χ0v) is 9.50. The third kappa shape index (κ3) is 1.65.